The number of amides is 1. The molecule has 0 heterocycles. The van der Waals surface area contributed by atoms with Gasteiger partial charge in [-0.15, -0.1) is 0 Å². The highest BCUT2D eigenvalue weighted by atomic mass is 16.5. The monoisotopic (exact) mass is 213 g/mol. The molecular weight excluding hydrogens is 194 g/mol. The van der Waals surface area contributed by atoms with Crippen molar-refractivity contribution >= 4 is 11.9 Å². The summed E-state index contributed by atoms with van der Waals surface area (Å²) >= 11 is 0. The molecule has 4 nitrogen and oxygen atoms in total. The molecule has 15 heavy (non-hydrogen) atoms. The average Bonchev–Trinajstić information content (AvgIpc) is 2.91. The van der Waals surface area contributed by atoms with Crippen LogP contribution in [-0.4, -0.2) is 36.5 Å². The predicted octanol–water partition coefficient (Wildman–Crippen LogP) is 1.05. The highest BCUT2D eigenvalue weighted by molar-refractivity contribution is 5.85. The molecular formula is C11H19NO3. The van der Waals surface area contributed by atoms with Gasteiger partial charge in [-0.2, -0.15) is 0 Å². The van der Waals surface area contributed by atoms with E-state index < -0.39 is 0 Å². The fourth-order valence-electron chi connectivity index (χ4n) is 1.61. The van der Waals surface area contributed by atoms with Crippen LogP contribution in [0.1, 0.15) is 27.2 Å². The normalized spacial score (nSPS) is 23.4. The van der Waals surface area contributed by atoms with Gasteiger partial charge in [0, 0.05) is 12.5 Å². The number of nitrogens with zero attached hydrogens (tertiary/aromatic N) is 1. The van der Waals surface area contributed by atoms with Gasteiger partial charge in [-0.05, 0) is 26.2 Å². The van der Waals surface area contributed by atoms with Crippen molar-refractivity contribution < 1.29 is 14.3 Å². The molecule has 1 rings (SSSR count). The summed E-state index contributed by atoms with van der Waals surface area (Å²) in [6.07, 6.45) is 0.957. The van der Waals surface area contributed by atoms with Crippen LogP contribution in [0.4, 0.5) is 0 Å². The summed E-state index contributed by atoms with van der Waals surface area (Å²) in [5.74, 6) is 0.396. The van der Waals surface area contributed by atoms with E-state index in [1.807, 2.05) is 6.92 Å². The van der Waals surface area contributed by atoms with E-state index in [1.165, 1.54) is 0 Å². The summed E-state index contributed by atoms with van der Waals surface area (Å²) in [6, 6.07) is 0. The smallest absolute Gasteiger partial charge is 0.325 e. The molecule has 1 fully saturated rings. The minimum Gasteiger partial charge on any atom is -0.465 e. The van der Waals surface area contributed by atoms with Crippen LogP contribution in [0.3, 0.4) is 0 Å². The van der Waals surface area contributed by atoms with Crippen LogP contribution in [0.2, 0.25) is 0 Å². The third kappa shape index (κ3) is 3.22. The third-order valence-electron chi connectivity index (χ3n) is 2.75. The van der Waals surface area contributed by atoms with E-state index in [9.17, 15) is 9.59 Å². The van der Waals surface area contributed by atoms with Gasteiger partial charge in [-0.1, -0.05) is 6.92 Å². The Labute approximate surface area is 90.6 Å². The maximum Gasteiger partial charge on any atom is 0.325 e. The Morgan fingerprint density at radius 3 is 2.40 bits per heavy atom. The van der Waals surface area contributed by atoms with Crippen LogP contribution in [0.25, 0.3) is 0 Å². The summed E-state index contributed by atoms with van der Waals surface area (Å²) < 4.78 is 4.82. The minimum atomic E-state index is -0.319. The lowest BCUT2D eigenvalue weighted by molar-refractivity contribution is -0.149. The number of hydrogen-bond acceptors (Lipinski definition) is 3. The van der Waals surface area contributed by atoms with Crippen molar-refractivity contribution in [2.24, 2.45) is 11.8 Å². The minimum absolute atomic E-state index is 0.0897. The Morgan fingerprint density at radius 2 is 2.00 bits per heavy atom. The molecule has 2 unspecified atom stereocenters. The average molecular weight is 213 g/mol. The molecule has 1 amide bonds. The van der Waals surface area contributed by atoms with Gasteiger partial charge < -0.3 is 9.64 Å². The highest BCUT2D eigenvalue weighted by Gasteiger charge is 2.41. The second-order valence-corrected chi connectivity index (χ2v) is 3.98. The number of ether oxygens (including phenoxy) is 1. The maximum atomic E-state index is 11.8. The largest absolute Gasteiger partial charge is 0.465 e. The summed E-state index contributed by atoms with van der Waals surface area (Å²) in [5, 5.41) is 0. The fourth-order valence-corrected chi connectivity index (χ4v) is 1.61. The standard InChI is InChI=1S/C11H19NO3/c1-4-12(7-10(13)15-5-2)11(14)9-6-8(9)3/h8-9H,4-7H2,1-3H3. The first-order valence-electron chi connectivity index (χ1n) is 5.54. The van der Waals surface area contributed by atoms with E-state index >= 15 is 0 Å². The second kappa shape index (κ2) is 5.14. The molecule has 0 N–H and O–H groups in total. The number of hydrogen-bond donors (Lipinski definition) is 0. The van der Waals surface area contributed by atoms with Gasteiger partial charge in [0.2, 0.25) is 5.91 Å². The molecule has 0 aliphatic heterocycles. The van der Waals surface area contributed by atoms with Gasteiger partial charge in [-0.25, -0.2) is 0 Å². The van der Waals surface area contributed by atoms with E-state index in [2.05, 4.69) is 6.92 Å². The molecule has 0 aromatic heterocycles. The molecule has 0 radical (unpaired) electrons. The zero-order chi connectivity index (χ0) is 11.4. The van der Waals surface area contributed by atoms with Crippen molar-refractivity contribution in [2.75, 3.05) is 19.7 Å². The van der Waals surface area contributed by atoms with Gasteiger partial charge in [0.15, 0.2) is 0 Å². The summed E-state index contributed by atoms with van der Waals surface area (Å²) in [5.41, 5.74) is 0. The summed E-state index contributed by atoms with van der Waals surface area (Å²) in [4.78, 5) is 24.6. The van der Waals surface area contributed by atoms with Gasteiger partial charge in [0.1, 0.15) is 6.54 Å². The molecule has 0 bridgehead atoms. The molecule has 1 saturated carbocycles. The SMILES string of the molecule is CCOC(=O)CN(CC)C(=O)C1CC1C. The zero-order valence-corrected chi connectivity index (χ0v) is 9.66. The molecule has 86 valence electrons. The van der Waals surface area contributed by atoms with Crippen LogP contribution < -0.4 is 0 Å². The second-order valence-electron chi connectivity index (χ2n) is 3.98. The molecule has 4 heteroatoms. The fraction of sp³-hybridized carbons (Fsp3) is 0.818. The molecule has 0 aromatic carbocycles. The summed E-state index contributed by atoms with van der Waals surface area (Å²) in [7, 11) is 0. The van der Waals surface area contributed by atoms with Crippen LogP contribution in [0.15, 0.2) is 0 Å². The number of esters is 1. The predicted molar refractivity (Wildman–Crippen MR) is 56.2 cm³/mol. The summed E-state index contributed by atoms with van der Waals surface area (Å²) in [6.45, 7) is 6.72. The Hall–Kier alpha value is -1.06. The van der Waals surface area contributed by atoms with Crippen molar-refractivity contribution in [3.8, 4) is 0 Å². The first kappa shape index (κ1) is 12.0. The van der Waals surface area contributed by atoms with Crippen molar-refractivity contribution in [3.05, 3.63) is 0 Å². The van der Waals surface area contributed by atoms with Crippen molar-refractivity contribution in [2.45, 2.75) is 27.2 Å². The highest BCUT2D eigenvalue weighted by Crippen LogP contribution is 2.39. The molecule has 2 atom stereocenters. The lowest BCUT2D eigenvalue weighted by Crippen LogP contribution is -2.37. The number of rotatable bonds is 5. The van der Waals surface area contributed by atoms with Crippen molar-refractivity contribution in [1.29, 1.82) is 0 Å². The Morgan fingerprint density at radius 1 is 1.40 bits per heavy atom. The van der Waals surface area contributed by atoms with Crippen LogP contribution in [0, 0.1) is 11.8 Å². The van der Waals surface area contributed by atoms with Gasteiger partial charge in [-0.3, -0.25) is 9.59 Å². The number of carbonyl (C=O) groups is 2. The number of likely N-dealkylation sites (N-methyl/N-ethyl adjacent to an activating group) is 1. The zero-order valence-electron chi connectivity index (χ0n) is 9.66. The van der Waals surface area contributed by atoms with Crippen molar-refractivity contribution in [1.82, 2.24) is 4.90 Å². The van der Waals surface area contributed by atoms with E-state index in [4.69, 9.17) is 4.74 Å². The Bertz CT molecular complexity index is 252. The maximum absolute atomic E-state index is 11.8. The van der Waals surface area contributed by atoms with Crippen molar-refractivity contribution in [3.63, 3.8) is 0 Å². The molecule has 1 aliphatic carbocycles. The van der Waals surface area contributed by atoms with E-state index in [0.717, 1.165) is 6.42 Å². The van der Waals surface area contributed by atoms with Crippen LogP contribution in [0.5, 0.6) is 0 Å². The Balaban J connectivity index is 2.41. The number of carbonyl (C=O) groups excluding carboxylic acids is 2. The lowest BCUT2D eigenvalue weighted by Gasteiger charge is -2.19. The first-order chi connectivity index (χ1) is 7.10. The van der Waals surface area contributed by atoms with E-state index in [1.54, 1.807) is 11.8 Å². The lowest BCUT2D eigenvalue weighted by atomic mass is 10.3. The van der Waals surface area contributed by atoms with Gasteiger partial charge in [0.05, 0.1) is 6.61 Å². The van der Waals surface area contributed by atoms with E-state index in [0.29, 0.717) is 19.1 Å². The van der Waals surface area contributed by atoms with Crippen LogP contribution in [-0.2, 0) is 14.3 Å². The third-order valence-corrected chi connectivity index (χ3v) is 2.75. The first-order valence-corrected chi connectivity index (χ1v) is 5.54. The van der Waals surface area contributed by atoms with Gasteiger partial charge in [0.25, 0.3) is 0 Å². The molecule has 0 saturated heterocycles. The molecule has 0 spiro atoms. The molecule has 0 aromatic rings. The van der Waals surface area contributed by atoms with Crippen LogP contribution >= 0.6 is 0 Å². The van der Waals surface area contributed by atoms with Gasteiger partial charge >= 0.3 is 5.97 Å². The molecule has 1 aliphatic rings. The quantitative estimate of drug-likeness (QED) is 0.641. The van der Waals surface area contributed by atoms with E-state index in [-0.39, 0.29) is 24.3 Å². The topological polar surface area (TPSA) is 46.6 Å². The Kier molecular flexibility index (Phi) is 4.12.